The van der Waals surface area contributed by atoms with Crippen LogP contribution in [0.5, 0.6) is 0 Å². The first-order chi connectivity index (χ1) is 11.9. The minimum atomic E-state index is -3.23. The molecule has 132 valence electrons. The van der Waals surface area contributed by atoms with Crippen LogP contribution in [-0.2, 0) is 10.0 Å². The zero-order chi connectivity index (χ0) is 17.9. The maximum absolute atomic E-state index is 12.1. The van der Waals surface area contributed by atoms with Gasteiger partial charge in [-0.25, -0.2) is 13.2 Å². The molecular formula is C17H18ClN3O3S. The summed E-state index contributed by atoms with van der Waals surface area (Å²) < 4.78 is 25.6. The molecule has 8 heteroatoms. The monoisotopic (exact) mass is 379 g/mol. The molecule has 1 fully saturated rings. The van der Waals surface area contributed by atoms with Crippen LogP contribution < -0.4 is 14.9 Å². The summed E-state index contributed by atoms with van der Waals surface area (Å²) in [6.07, 6.45) is 1.55. The van der Waals surface area contributed by atoms with Crippen LogP contribution in [0.1, 0.15) is 12.8 Å². The number of hydrogen-bond acceptors (Lipinski definition) is 3. The van der Waals surface area contributed by atoms with Crippen molar-refractivity contribution in [2.75, 3.05) is 27.2 Å². The van der Waals surface area contributed by atoms with Crippen LogP contribution in [0, 0.1) is 0 Å². The number of hydrogen-bond donors (Lipinski definition) is 2. The number of halogens is 1. The number of amides is 2. The number of nitrogens with zero attached hydrogens (tertiary/aromatic N) is 1. The zero-order valence-electron chi connectivity index (χ0n) is 13.4. The lowest BCUT2D eigenvalue weighted by molar-refractivity contribution is 0.262. The number of nitrogens with one attached hydrogen (secondary N) is 2. The molecule has 0 aliphatic carbocycles. The van der Waals surface area contributed by atoms with E-state index in [0.29, 0.717) is 35.1 Å². The first-order valence-corrected chi connectivity index (χ1v) is 9.87. The number of anilines is 3. The van der Waals surface area contributed by atoms with E-state index in [1.807, 2.05) is 0 Å². The molecule has 2 aromatic carbocycles. The second kappa shape index (κ2) is 7.33. The predicted octanol–water partition coefficient (Wildman–Crippen LogP) is 3.91. The van der Waals surface area contributed by atoms with E-state index in [4.69, 9.17) is 11.6 Å². The largest absolute Gasteiger partial charge is 0.323 e. The lowest BCUT2D eigenvalue weighted by Crippen LogP contribution is -2.37. The molecule has 3 rings (SSSR count). The van der Waals surface area contributed by atoms with Crippen LogP contribution in [0.4, 0.5) is 21.9 Å². The minimum Gasteiger partial charge on any atom is -0.308 e. The summed E-state index contributed by atoms with van der Waals surface area (Å²) in [5.74, 6) is 0.177. The van der Waals surface area contributed by atoms with Crippen molar-refractivity contribution < 1.29 is 13.2 Å². The fourth-order valence-corrected chi connectivity index (χ4v) is 4.38. The Morgan fingerprint density at radius 2 is 1.48 bits per heavy atom. The van der Waals surface area contributed by atoms with Gasteiger partial charge in [-0.3, -0.25) is 4.31 Å². The van der Waals surface area contributed by atoms with E-state index in [-0.39, 0.29) is 11.8 Å². The van der Waals surface area contributed by atoms with Gasteiger partial charge in [0.15, 0.2) is 0 Å². The first-order valence-electron chi connectivity index (χ1n) is 7.88. The van der Waals surface area contributed by atoms with Crippen LogP contribution in [0.3, 0.4) is 0 Å². The normalized spacial score (nSPS) is 16.3. The number of carbonyl (C=O) groups excluding carboxylic acids is 1. The number of sulfonamides is 1. The average Bonchev–Trinajstić information content (AvgIpc) is 2.57. The number of urea groups is 1. The Morgan fingerprint density at radius 3 is 2.04 bits per heavy atom. The average molecular weight is 380 g/mol. The zero-order valence-corrected chi connectivity index (χ0v) is 15.0. The summed E-state index contributed by atoms with van der Waals surface area (Å²) in [5.41, 5.74) is 1.81. The standard InChI is InChI=1S/C17H18ClN3O3S/c18-13-3-5-14(6-4-13)19-17(22)20-15-7-9-16(10-8-15)21-11-1-2-12-25(21,23)24/h3-10H,1-2,11-12H2,(H2,19,20,22). The van der Waals surface area contributed by atoms with Crippen molar-refractivity contribution in [3.8, 4) is 0 Å². The Labute approximate surface area is 151 Å². The second-order valence-electron chi connectivity index (χ2n) is 5.73. The van der Waals surface area contributed by atoms with E-state index < -0.39 is 10.0 Å². The molecule has 25 heavy (non-hydrogen) atoms. The number of rotatable bonds is 3. The Morgan fingerprint density at radius 1 is 0.920 bits per heavy atom. The maximum atomic E-state index is 12.1. The maximum Gasteiger partial charge on any atom is 0.323 e. The minimum absolute atomic E-state index is 0.177. The molecule has 2 aromatic rings. The number of carbonyl (C=O) groups is 1. The van der Waals surface area contributed by atoms with Gasteiger partial charge < -0.3 is 10.6 Å². The molecule has 1 aliphatic heterocycles. The summed E-state index contributed by atoms with van der Waals surface area (Å²) in [5, 5.41) is 5.99. The van der Waals surface area contributed by atoms with Crippen molar-refractivity contribution >= 4 is 44.7 Å². The molecule has 0 spiro atoms. The molecule has 0 saturated carbocycles. The Bertz CT molecular complexity index is 852. The molecule has 6 nitrogen and oxygen atoms in total. The van der Waals surface area contributed by atoms with Crippen molar-refractivity contribution in [3.63, 3.8) is 0 Å². The second-order valence-corrected chi connectivity index (χ2v) is 8.18. The van der Waals surface area contributed by atoms with E-state index in [0.717, 1.165) is 6.42 Å². The molecule has 2 amide bonds. The van der Waals surface area contributed by atoms with Crippen molar-refractivity contribution in [1.82, 2.24) is 0 Å². The fourth-order valence-electron chi connectivity index (χ4n) is 2.62. The third-order valence-electron chi connectivity index (χ3n) is 3.86. The SMILES string of the molecule is O=C(Nc1ccc(Cl)cc1)Nc1ccc(N2CCCCS2(=O)=O)cc1. The van der Waals surface area contributed by atoms with Gasteiger partial charge in [0.2, 0.25) is 10.0 Å². The molecule has 0 unspecified atom stereocenters. The van der Waals surface area contributed by atoms with Crippen LogP contribution in [0.2, 0.25) is 5.02 Å². The van der Waals surface area contributed by atoms with Gasteiger partial charge in [-0.2, -0.15) is 0 Å². The third-order valence-corrected chi connectivity index (χ3v) is 5.99. The third kappa shape index (κ3) is 4.43. The van der Waals surface area contributed by atoms with Gasteiger partial charge in [0.25, 0.3) is 0 Å². The summed E-state index contributed by atoms with van der Waals surface area (Å²) >= 11 is 5.80. The van der Waals surface area contributed by atoms with Gasteiger partial charge in [0.1, 0.15) is 0 Å². The van der Waals surface area contributed by atoms with Gasteiger partial charge >= 0.3 is 6.03 Å². The molecule has 2 N–H and O–H groups in total. The molecular weight excluding hydrogens is 362 g/mol. The van der Waals surface area contributed by atoms with E-state index in [1.165, 1.54) is 4.31 Å². The van der Waals surface area contributed by atoms with Crippen LogP contribution >= 0.6 is 11.6 Å². The summed E-state index contributed by atoms with van der Waals surface area (Å²) in [6, 6.07) is 13.1. The molecule has 0 aromatic heterocycles. The van der Waals surface area contributed by atoms with Crippen LogP contribution in [0.25, 0.3) is 0 Å². The summed E-state index contributed by atoms with van der Waals surface area (Å²) in [4.78, 5) is 12.0. The highest BCUT2D eigenvalue weighted by Gasteiger charge is 2.25. The van der Waals surface area contributed by atoms with Gasteiger partial charge in [-0.1, -0.05) is 11.6 Å². The first kappa shape index (κ1) is 17.6. The fraction of sp³-hybridized carbons (Fsp3) is 0.235. The Balaban J connectivity index is 1.64. The number of benzene rings is 2. The molecule has 0 bridgehead atoms. The molecule has 0 atom stereocenters. The lowest BCUT2D eigenvalue weighted by Gasteiger charge is -2.28. The van der Waals surface area contributed by atoms with Crippen molar-refractivity contribution in [1.29, 1.82) is 0 Å². The van der Waals surface area contributed by atoms with E-state index >= 15 is 0 Å². The molecule has 1 saturated heterocycles. The smallest absolute Gasteiger partial charge is 0.308 e. The van der Waals surface area contributed by atoms with Gasteiger partial charge in [-0.15, -0.1) is 0 Å². The lowest BCUT2D eigenvalue weighted by atomic mass is 10.2. The van der Waals surface area contributed by atoms with Crippen molar-refractivity contribution in [3.05, 3.63) is 53.6 Å². The van der Waals surface area contributed by atoms with Crippen LogP contribution in [-0.4, -0.2) is 26.7 Å². The Kier molecular flexibility index (Phi) is 5.15. The molecule has 0 radical (unpaired) electrons. The van der Waals surface area contributed by atoms with Gasteiger partial charge in [0.05, 0.1) is 11.4 Å². The van der Waals surface area contributed by atoms with E-state index in [2.05, 4.69) is 10.6 Å². The van der Waals surface area contributed by atoms with Gasteiger partial charge in [-0.05, 0) is 61.4 Å². The quantitative estimate of drug-likeness (QED) is 0.848. The van der Waals surface area contributed by atoms with E-state index in [9.17, 15) is 13.2 Å². The van der Waals surface area contributed by atoms with Crippen LogP contribution in [0.15, 0.2) is 48.5 Å². The highest BCUT2D eigenvalue weighted by molar-refractivity contribution is 7.92. The van der Waals surface area contributed by atoms with Crippen molar-refractivity contribution in [2.24, 2.45) is 0 Å². The molecule has 1 aliphatic rings. The highest BCUT2D eigenvalue weighted by Crippen LogP contribution is 2.25. The summed E-state index contributed by atoms with van der Waals surface area (Å²) in [7, 11) is -3.23. The summed E-state index contributed by atoms with van der Waals surface area (Å²) in [6.45, 7) is 0.492. The highest BCUT2D eigenvalue weighted by atomic mass is 35.5. The van der Waals surface area contributed by atoms with Crippen molar-refractivity contribution in [2.45, 2.75) is 12.8 Å². The predicted molar refractivity (Wildman–Crippen MR) is 101 cm³/mol. The molecule has 1 heterocycles. The topological polar surface area (TPSA) is 78.5 Å². The Hall–Kier alpha value is -2.25. The van der Waals surface area contributed by atoms with E-state index in [1.54, 1.807) is 48.5 Å². The van der Waals surface area contributed by atoms with Gasteiger partial charge in [0, 0.05) is 22.9 Å².